The molecule has 0 spiro atoms. The van der Waals surface area contributed by atoms with Gasteiger partial charge in [-0.05, 0) is 31.3 Å². The van der Waals surface area contributed by atoms with E-state index in [1.54, 1.807) is 0 Å². The molecule has 1 rings (SSSR count). The fourth-order valence-corrected chi connectivity index (χ4v) is 1.81. The number of nitrogens with two attached hydrogens (primary N) is 1. The van der Waals surface area contributed by atoms with Crippen LogP contribution in [0.1, 0.15) is 19.8 Å². The average molecular weight is 231 g/mol. The van der Waals surface area contributed by atoms with Crippen LogP contribution in [0.15, 0.2) is 0 Å². The van der Waals surface area contributed by atoms with E-state index in [9.17, 15) is 0 Å². The second-order valence-electron chi connectivity index (χ2n) is 3.02. The van der Waals surface area contributed by atoms with Crippen LogP contribution in [0.3, 0.4) is 0 Å². The van der Waals surface area contributed by atoms with Crippen LogP contribution in [0.5, 0.6) is 5.75 Å². The summed E-state index contributed by atoms with van der Waals surface area (Å²) in [5, 5.41) is 12.7. The Morgan fingerprint density at radius 1 is 1.53 bits per heavy atom. The molecule has 5 nitrogen and oxygen atoms in total. The first kappa shape index (κ1) is 12.1. The lowest BCUT2D eigenvalue weighted by atomic mass is 10.3. The van der Waals surface area contributed by atoms with E-state index in [1.165, 1.54) is 11.5 Å². The number of aliphatic hydroxyl groups is 1. The van der Waals surface area contributed by atoms with Gasteiger partial charge < -0.3 is 20.9 Å². The molecule has 0 aliphatic carbocycles. The van der Waals surface area contributed by atoms with Gasteiger partial charge in [-0.25, -0.2) is 0 Å². The molecule has 0 atom stereocenters. The van der Waals surface area contributed by atoms with Crippen molar-refractivity contribution in [2.75, 3.05) is 30.8 Å². The van der Waals surface area contributed by atoms with Gasteiger partial charge in [-0.15, -0.1) is 0 Å². The number of hydrogen-bond acceptors (Lipinski definition) is 6. The molecule has 0 aliphatic heterocycles. The Morgan fingerprint density at radius 2 is 2.33 bits per heavy atom. The normalized spacial score (nSPS) is 10.3. The third kappa shape index (κ3) is 3.56. The van der Waals surface area contributed by atoms with E-state index in [0.29, 0.717) is 18.2 Å². The van der Waals surface area contributed by atoms with Gasteiger partial charge in [-0.2, -0.15) is 4.37 Å². The quantitative estimate of drug-likeness (QED) is 0.616. The van der Waals surface area contributed by atoms with Gasteiger partial charge >= 0.3 is 0 Å². The van der Waals surface area contributed by atoms with Crippen LogP contribution in [0, 0.1) is 0 Å². The summed E-state index contributed by atoms with van der Waals surface area (Å²) >= 11 is 1.30. The molecule has 0 amide bonds. The second kappa shape index (κ2) is 6.47. The lowest BCUT2D eigenvalue weighted by Gasteiger charge is -2.06. The molecule has 4 N–H and O–H groups in total. The van der Waals surface area contributed by atoms with Gasteiger partial charge in [0, 0.05) is 13.2 Å². The molecule has 1 aromatic heterocycles. The summed E-state index contributed by atoms with van der Waals surface area (Å²) < 4.78 is 9.39. The highest BCUT2D eigenvalue weighted by molar-refractivity contribution is 7.11. The van der Waals surface area contributed by atoms with Crippen molar-refractivity contribution in [2.24, 2.45) is 0 Å². The first-order valence-corrected chi connectivity index (χ1v) is 5.79. The molecule has 1 heterocycles. The minimum atomic E-state index is 0.227. The van der Waals surface area contributed by atoms with Gasteiger partial charge in [0.05, 0.1) is 6.61 Å². The van der Waals surface area contributed by atoms with Crippen molar-refractivity contribution in [1.29, 1.82) is 0 Å². The molecule has 0 saturated heterocycles. The van der Waals surface area contributed by atoms with E-state index in [0.717, 1.165) is 24.4 Å². The Kier molecular flexibility index (Phi) is 5.20. The van der Waals surface area contributed by atoms with Crippen LogP contribution >= 0.6 is 11.5 Å². The van der Waals surface area contributed by atoms with Crippen molar-refractivity contribution in [3.63, 3.8) is 0 Å². The Bertz CT molecular complexity index is 291. The van der Waals surface area contributed by atoms with Gasteiger partial charge in [0.25, 0.3) is 0 Å². The van der Waals surface area contributed by atoms with E-state index in [2.05, 4.69) is 9.69 Å². The maximum atomic E-state index is 8.62. The summed E-state index contributed by atoms with van der Waals surface area (Å²) in [4.78, 5) is 0. The van der Waals surface area contributed by atoms with Crippen LogP contribution in [0.25, 0.3) is 0 Å². The Hall–Kier alpha value is -1.01. The van der Waals surface area contributed by atoms with Crippen molar-refractivity contribution in [3.05, 3.63) is 0 Å². The highest BCUT2D eigenvalue weighted by Crippen LogP contribution is 2.34. The number of unbranched alkanes of at least 4 members (excludes halogenated alkanes) is 1. The van der Waals surface area contributed by atoms with Crippen molar-refractivity contribution in [1.82, 2.24) is 4.37 Å². The molecule has 0 unspecified atom stereocenters. The van der Waals surface area contributed by atoms with Crippen molar-refractivity contribution >= 4 is 22.4 Å². The summed E-state index contributed by atoms with van der Waals surface area (Å²) in [6.07, 6.45) is 1.71. The van der Waals surface area contributed by atoms with Gasteiger partial charge in [-0.3, -0.25) is 0 Å². The highest BCUT2D eigenvalue weighted by atomic mass is 32.1. The molecule has 0 aliphatic rings. The third-order valence-corrected chi connectivity index (χ3v) is 2.63. The predicted octanol–water partition coefficient (Wildman–Crippen LogP) is 1.31. The second-order valence-corrected chi connectivity index (χ2v) is 3.79. The predicted molar refractivity (Wildman–Crippen MR) is 62.5 cm³/mol. The summed E-state index contributed by atoms with van der Waals surface area (Å²) in [6, 6.07) is 0. The lowest BCUT2D eigenvalue weighted by Crippen LogP contribution is -2.03. The molecular formula is C9H17N3O2S. The topological polar surface area (TPSA) is 80.4 Å². The van der Waals surface area contributed by atoms with E-state index < -0.39 is 0 Å². The highest BCUT2D eigenvalue weighted by Gasteiger charge is 2.11. The molecule has 0 fully saturated rings. The fourth-order valence-electron chi connectivity index (χ4n) is 1.13. The van der Waals surface area contributed by atoms with E-state index in [1.807, 2.05) is 6.92 Å². The molecule has 0 radical (unpaired) electrons. The SMILES string of the molecule is CCOc1c(N)nsc1NCCCCO. The number of rotatable bonds is 7. The number of nitrogen functional groups attached to an aromatic ring is 1. The number of ether oxygens (including phenoxy) is 1. The first-order valence-electron chi connectivity index (χ1n) is 5.02. The zero-order valence-corrected chi connectivity index (χ0v) is 9.64. The monoisotopic (exact) mass is 231 g/mol. The molecular weight excluding hydrogens is 214 g/mol. The van der Waals surface area contributed by atoms with Crippen LogP contribution in [0.2, 0.25) is 0 Å². The Labute approximate surface area is 93.4 Å². The zero-order chi connectivity index (χ0) is 11.1. The van der Waals surface area contributed by atoms with E-state index in [4.69, 9.17) is 15.6 Å². The van der Waals surface area contributed by atoms with Gasteiger partial charge in [0.1, 0.15) is 0 Å². The van der Waals surface area contributed by atoms with Crippen molar-refractivity contribution < 1.29 is 9.84 Å². The van der Waals surface area contributed by atoms with Crippen LogP contribution in [-0.2, 0) is 0 Å². The van der Waals surface area contributed by atoms with E-state index >= 15 is 0 Å². The summed E-state index contributed by atoms with van der Waals surface area (Å²) in [7, 11) is 0. The van der Waals surface area contributed by atoms with Crippen LogP contribution in [-0.4, -0.2) is 29.2 Å². The minimum Gasteiger partial charge on any atom is -0.487 e. The van der Waals surface area contributed by atoms with Crippen molar-refractivity contribution in [2.45, 2.75) is 19.8 Å². The van der Waals surface area contributed by atoms with Gasteiger partial charge in [0.2, 0.25) is 0 Å². The lowest BCUT2D eigenvalue weighted by molar-refractivity contribution is 0.286. The maximum Gasteiger partial charge on any atom is 0.197 e. The minimum absolute atomic E-state index is 0.227. The fraction of sp³-hybridized carbons (Fsp3) is 0.667. The molecule has 86 valence electrons. The summed E-state index contributed by atoms with van der Waals surface area (Å²) in [5.41, 5.74) is 5.65. The summed E-state index contributed by atoms with van der Waals surface area (Å²) in [5.74, 6) is 1.08. The molecule has 1 aromatic rings. The molecule has 0 aromatic carbocycles. The van der Waals surface area contributed by atoms with Crippen LogP contribution in [0.4, 0.5) is 10.8 Å². The number of anilines is 2. The standard InChI is InChI=1S/C9H17N3O2S/c1-2-14-7-8(10)12-15-9(7)11-5-3-4-6-13/h11,13H,2-6H2,1H3,(H2,10,12). The molecule has 15 heavy (non-hydrogen) atoms. The van der Waals surface area contributed by atoms with Gasteiger partial charge in [0.15, 0.2) is 16.6 Å². The largest absolute Gasteiger partial charge is 0.487 e. The molecule has 6 heteroatoms. The van der Waals surface area contributed by atoms with E-state index in [-0.39, 0.29) is 6.61 Å². The molecule has 0 saturated carbocycles. The molecule has 0 bridgehead atoms. The smallest absolute Gasteiger partial charge is 0.197 e. The number of aliphatic hydroxyl groups excluding tert-OH is 1. The number of nitrogens with one attached hydrogen (secondary N) is 1. The van der Waals surface area contributed by atoms with Crippen LogP contribution < -0.4 is 15.8 Å². The van der Waals surface area contributed by atoms with Gasteiger partial charge in [-0.1, -0.05) is 0 Å². The Balaban J connectivity index is 2.45. The average Bonchev–Trinajstić information content (AvgIpc) is 2.57. The maximum absolute atomic E-state index is 8.62. The number of hydrogen-bond donors (Lipinski definition) is 3. The number of aromatic nitrogens is 1. The summed E-state index contributed by atoms with van der Waals surface area (Å²) in [6.45, 7) is 3.51. The first-order chi connectivity index (χ1) is 7.29. The number of nitrogens with zero attached hydrogens (tertiary/aromatic N) is 1. The third-order valence-electron chi connectivity index (χ3n) is 1.83. The van der Waals surface area contributed by atoms with Crippen molar-refractivity contribution in [3.8, 4) is 5.75 Å². The zero-order valence-electron chi connectivity index (χ0n) is 8.82. The Morgan fingerprint density at radius 3 is 3.00 bits per heavy atom.